The average Bonchev–Trinajstić information content (AvgIpc) is 2.55. The van der Waals surface area contributed by atoms with Gasteiger partial charge >= 0.3 is 0 Å². The lowest BCUT2D eigenvalue weighted by molar-refractivity contribution is -0.387. The Labute approximate surface area is 146 Å². The highest BCUT2D eigenvalue weighted by Gasteiger charge is 2.22. The molecule has 7 heteroatoms. The Balaban J connectivity index is 2.58. The summed E-state index contributed by atoms with van der Waals surface area (Å²) in [4.78, 5) is 27.4. The highest BCUT2D eigenvalue weighted by Crippen LogP contribution is 2.39. The molecule has 0 aliphatic carbocycles. The van der Waals surface area contributed by atoms with Crippen LogP contribution in [-0.4, -0.2) is 17.5 Å². The lowest BCUT2D eigenvalue weighted by Crippen LogP contribution is -2.03. The monoisotopic (exact) mass is 392 g/mol. The molecule has 0 aliphatic heterocycles. The Bertz CT molecular complexity index is 793. The molecule has 0 saturated heterocycles. The summed E-state index contributed by atoms with van der Waals surface area (Å²) < 4.78 is 0.852. The lowest BCUT2D eigenvalue weighted by Gasteiger charge is -2.10. The molecule has 0 bridgehead atoms. The molecule has 0 spiro atoms. The standard InChI is InChI=1S/C16H13BrN2O3S/c1-3-10-8-15(23-14-7-5-4-6-12(14)17)13(19(21)22)9-11(10)16(20)18-2/h4-9H,2-3H2,1H3. The van der Waals surface area contributed by atoms with E-state index in [1.807, 2.05) is 31.2 Å². The molecule has 5 nitrogen and oxygen atoms in total. The van der Waals surface area contributed by atoms with Crippen LogP contribution in [0.3, 0.4) is 0 Å². The van der Waals surface area contributed by atoms with Gasteiger partial charge in [-0.2, -0.15) is 0 Å². The zero-order valence-electron chi connectivity index (χ0n) is 12.3. The number of rotatable bonds is 5. The minimum Gasteiger partial charge on any atom is -0.267 e. The van der Waals surface area contributed by atoms with Gasteiger partial charge in [-0.05, 0) is 52.8 Å². The number of amides is 1. The highest BCUT2D eigenvalue weighted by atomic mass is 79.9. The van der Waals surface area contributed by atoms with Crippen molar-refractivity contribution in [2.45, 2.75) is 23.1 Å². The number of nitrogens with zero attached hydrogens (tertiary/aromatic N) is 2. The number of nitro groups is 1. The van der Waals surface area contributed by atoms with Crippen molar-refractivity contribution in [3.8, 4) is 0 Å². The van der Waals surface area contributed by atoms with Gasteiger partial charge in [-0.1, -0.05) is 30.8 Å². The molecule has 0 aromatic heterocycles. The summed E-state index contributed by atoms with van der Waals surface area (Å²) in [7, 11) is 0. The molecule has 0 aliphatic rings. The van der Waals surface area contributed by atoms with E-state index in [0.717, 1.165) is 9.37 Å². The third kappa shape index (κ3) is 3.86. The molecule has 0 saturated carbocycles. The van der Waals surface area contributed by atoms with Crippen molar-refractivity contribution in [2.24, 2.45) is 4.99 Å². The van der Waals surface area contributed by atoms with E-state index in [0.29, 0.717) is 16.9 Å². The minimum absolute atomic E-state index is 0.116. The molecule has 1 amide bonds. The molecule has 0 heterocycles. The Kier molecular flexibility index (Phi) is 5.68. The van der Waals surface area contributed by atoms with Crippen molar-refractivity contribution in [1.29, 1.82) is 0 Å². The summed E-state index contributed by atoms with van der Waals surface area (Å²) in [6.45, 7) is 5.09. The van der Waals surface area contributed by atoms with Crippen molar-refractivity contribution in [3.05, 3.63) is 62.1 Å². The lowest BCUT2D eigenvalue weighted by atomic mass is 10.0. The van der Waals surface area contributed by atoms with Crippen LogP contribution in [0.4, 0.5) is 5.69 Å². The summed E-state index contributed by atoms with van der Waals surface area (Å²) in [6, 6.07) is 10.4. The zero-order chi connectivity index (χ0) is 17.0. The van der Waals surface area contributed by atoms with Gasteiger partial charge in [0.05, 0.1) is 15.4 Å². The summed E-state index contributed by atoms with van der Waals surface area (Å²) in [5, 5.41) is 11.4. The molecular formula is C16H13BrN2O3S. The molecule has 2 rings (SSSR count). The predicted molar refractivity (Wildman–Crippen MR) is 94.6 cm³/mol. The van der Waals surface area contributed by atoms with E-state index in [4.69, 9.17) is 0 Å². The van der Waals surface area contributed by atoms with E-state index < -0.39 is 10.8 Å². The second kappa shape index (κ2) is 7.52. The van der Waals surface area contributed by atoms with Crippen LogP contribution < -0.4 is 0 Å². The Hall–Kier alpha value is -1.99. The van der Waals surface area contributed by atoms with Crippen molar-refractivity contribution in [3.63, 3.8) is 0 Å². The highest BCUT2D eigenvalue weighted by molar-refractivity contribution is 9.10. The molecule has 118 valence electrons. The van der Waals surface area contributed by atoms with Crippen LogP contribution in [0.2, 0.25) is 0 Å². The fraction of sp³-hybridized carbons (Fsp3) is 0.125. The summed E-state index contributed by atoms with van der Waals surface area (Å²) in [5.74, 6) is -0.553. The topological polar surface area (TPSA) is 72.6 Å². The molecule has 0 atom stereocenters. The maximum absolute atomic E-state index is 11.8. The average molecular weight is 393 g/mol. The summed E-state index contributed by atoms with van der Waals surface area (Å²) in [5.41, 5.74) is 0.822. The molecule has 0 fully saturated rings. The van der Waals surface area contributed by atoms with Gasteiger partial charge in [0.25, 0.3) is 11.6 Å². The van der Waals surface area contributed by atoms with Gasteiger partial charge in [-0.15, -0.1) is 0 Å². The summed E-state index contributed by atoms with van der Waals surface area (Å²) in [6.07, 6.45) is 0.568. The van der Waals surface area contributed by atoms with Crippen molar-refractivity contribution >= 4 is 46.0 Å². The van der Waals surface area contributed by atoms with Gasteiger partial charge in [0.15, 0.2) is 0 Å². The second-order valence-electron chi connectivity index (χ2n) is 4.58. The molecular weight excluding hydrogens is 380 g/mol. The second-order valence-corrected chi connectivity index (χ2v) is 6.52. The third-order valence-corrected chi connectivity index (χ3v) is 5.27. The quantitative estimate of drug-likeness (QED) is 0.411. The first kappa shape index (κ1) is 17.4. The van der Waals surface area contributed by atoms with Gasteiger partial charge in [0, 0.05) is 15.4 Å². The first-order chi connectivity index (χ1) is 11.0. The molecule has 0 unspecified atom stereocenters. The number of halogens is 1. The van der Waals surface area contributed by atoms with Gasteiger partial charge < -0.3 is 0 Å². The van der Waals surface area contributed by atoms with Crippen LogP contribution >= 0.6 is 27.7 Å². The number of aryl methyl sites for hydroxylation is 1. The molecule has 0 N–H and O–H groups in total. The largest absolute Gasteiger partial charge is 0.284 e. The van der Waals surface area contributed by atoms with Crippen LogP contribution in [0, 0.1) is 10.1 Å². The van der Waals surface area contributed by atoms with Gasteiger partial charge in [-0.3, -0.25) is 14.9 Å². The van der Waals surface area contributed by atoms with Crippen molar-refractivity contribution in [2.75, 3.05) is 0 Å². The summed E-state index contributed by atoms with van der Waals surface area (Å²) >= 11 is 4.71. The van der Waals surface area contributed by atoms with E-state index in [9.17, 15) is 14.9 Å². The molecule has 23 heavy (non-hydrogen) atoms. The minimum atomic E-state index is -0.553. The number of aliphatic imine (C=N–C) groups is 1. The molecule has 2 aromatic carbocycles. The predicted octanol–water partition coefficient (Wildman–Crippen LogP) is 4.91. The van der Waals surface area contributed by atoms with E-state index in [2.05, 4.69) is 27.6 Å². The fourth-order valence-electron chi connectivity index (χ4n) is 2.06. The van der Waals surface area contributed by atoms with Crippen LogP contribution in [0.25, 0.3) is 0 Å². The first-order valence-corrected chi connectivity index (χ1v) is 8.33. The maximum atomic E-state index is 11.8. The third-order valence-electron chi connectivity index (χ3n) is 3.19. The van der Waals surface area contributed by atoms with Crippen LogP contribution in [0.5, 0.6) is 0 Å². The normalized spacial score (nSPS) is 10.3. The zero-order valence-corrected chi connectivity index (χ0v) is 14.7. The molecule has 0 radical (unpaired) electrons. The fourth-order valence-corrected chi connectivity index (χ4v) is 3.57. The van der Waals surface area contributed by atoms with E-state index in [-0.39, 0.29) is 11.3 Å². The first-order valence-electron chi connectivity index (χ1n) is 6.72. The number of benzene rings is 2. The molecule has 2 aromatic rings. The SMILES string of the molecule is C=NC(=O)c1cc([N+](=O)[O-])c(Sc2ccccc2Br)cc1CC. The van der Waals surface area contributed by atoms with E-state index >= 15 is 0 Å². The van der Waals surface area contributed by atoms with Crippen LogP contribution in [0.1, 0.15) is 22.8 Å². The maximum Gasteiger partial charge on any atom is 0.284 e. The van der Waals surface area contributed by atoms with Gasteiger partial charge in [-0.25, -0.2) is 4.99 Å². The Morgan fingerprint density at radius 1 is 1.35 bits per heavy atom. The van der Waals surface area contributed by atoms with Crippen LogP contribution in [-0.2, 0) is 6.42 Å². The smallest absolute Gasteiger partial charge is 0.267 e. The van der Waals surface area contributed by atoms with Gasteiger partial charge in [0.2, 0.25) is 0 Å². The Morgan fingerprint density at radius 2 is 2.04 bits per heavy atom. The number of hydrogen-bond acceptors (Lipinski definition) is 4. The number of carbonyl (C=O) groups excluding carboxylic acids is 1. The van der Waals surface area contributed by atoms with E-state index in [1.165, 1.54) is 17.8 Å². The number of hydrogen-bond donors (Lipinski definition) is 0. The van der Waals surface area contributed by atoms with Crippen LogP contribution in [0.15, 0.2) is 55.7 Å². The Morgan fingerprint density at radius 3 is 2.61 bits per heavy atom. The van der Waals surface area contributed by atoms with Gasteiger partial charge in [0.1, 0.15) is 0 Å². The van der Waals surface area contributed by atoms with Crippen molar-refractivity contribution in [1.82, 2.24) is 0 Å². The number of nitro benzene ring substituents is 1. The number of carbonyl (C=O) groups is 1. The van der Waals surface area contributed by atoms with E-state index in [1.54, 1.807) is 6.07 Å². The van der Waals surface area contributed by atoms with Crippen molar-refractivity contribution < 1.29 is 9.72 Å².